The molecule has 0 aliphatic rings. The third-order valence-corrected chi connectivity index (χ3v) is 1.22. The first-order valence-electron chi connectivity index (χ1n) is 3.38. The van der Waals surface area contributed by atoms with Crippen molar-refractivity contribution in [3.63, 3.8) is 0 Å². The van der Waals surface area contributed by atoms with Crippen molar-refractivity contribution in [2.45, 2.75) is 13.8 Å². The van der Waals surface area contributed by atoms with Crippen LogP contribution in [-0.2, 0) is 4.79 Å². The van der Waals surface area contributed by atoms with E-state index in [4.69, 9.17) is 4.79 Å². The smallest absolute Gasteiger partial charge is 0.116 e. The summed E-state index contributed by atoms with van der Waals surface area (Å²) >= 11 is 0. The van der Waals surface area contributed by atoms with Crippen molar-refractivity contribution in [1.29, 1.82) is 0 Å². The number of benzene rings is 1. The molecule has 0 saturated heterocycles. The molecular formula is C10H12O. The Labute approximate surface area is 67.4 Å². The number of hydrogen-bond donors (Lipinski definition) is 0. The molecular weight excluding hydrogens is 136 g/mol. The molecule has 0 spiro atoms. The molecule has 0 aliphatic heterocycles. The molecule has 0 radical (unpaired) electrons. The summed E-state index contributed by atoms with van der Waals surface area (Å²) in [6.45, 7) is 6.87. The van der Waals surface area contributed by atoms with Crippen molar-refractivity contribution in [2.75, 3.05) is 0 Å². The number of hydrogen-bond acceptors (Lipinski definition) is 1. The van der Waals surface area contributed by atoms with Gasteiger partial charge in [0.1, 0.15) is 5.94 Å². The summed E-state index contributed by atoms with van der Waals surface area (Å²) in [6, 6.07) is 8.48. The first-order valence-corrected chi connectivity index (χ1v) is 3.38. The number of carbonyl (C=O) groups excluding carboxylic acids is 1. The summed E-state index contributed by atoms with van der Waals surface area (Å²) < 4.78 is 0. The summed E-state index contributed by atoms with van der Waals surface area (Å²) in [5, 5.41) is 0. The highest BCUT2D eigenvalue weighted by molar-refractivity contribution is 5.38. The Morgan fingerprint density at radius 1 is 1.09 bits per heavy atom. The van der Waals surface area contributed by atoms with Crippen LogP contribution in [0.15, 0.2) is 30.8 Å². The van der Waals surface area contributed by atoms with E-state index in [1.54, 1.807) is 0 Å². The maximum atomic E-state index is 8.57. The van der Waals surface area contributed by atoms with Crippen molar-refractivity contribution in [2.24, 2.45) is 0 Å². The normalized spacial score (nSPS) is 7.45. The van der Waals surface area contributed by atoms with Crippen LogP contribution in [0.4, 0.5) is 0 Å². The molecule has 0 bridgehead atoms. The predicted molar refractivity (Wildman–Crippen MR) is 47.2 cm³/mol. The molecule has 1 aromatic rings. The van der Waals surface area contributed by atoms with Gasteiger partial charge in [-0.15, -0.1) is 0 Å². The standard InChI is InChI=1S/C8H10.C2H2O/c1-7-3-5-8(2)6-4-7;1-2-3/h3-6H,1-2H3;1H2. The summed E-state index contributed by atoms with van der Waals surface area (Å²) in [7, 11) is 0. The second-order valence-electron chi connectivity index (χ2n) is 2.30. The lowest BCUT2D eigenvalue weighted by Crippen LogP contribution is -1.70. The van der Waals surface area contributed by atoms with Crippen LogP contribution in [0.5, 0.6) is 0 Å². The second-order valence-corrected chi connectivity index (χ2v) is 2.30. The molecule has 1 nitrogen and oxygen atoms in total. The summed E-state index contributed by atoms with van der Waals surface area (Å²) in [5.41, 5.74) is 2.66. The molecule has 0 saturated carbocycles. The molecule has 1 rings (SSSR count). The number of aryl methyl sites for hydroxylation is 2. The van der Waals surface area contributed by atoms with Crippen molar-refractivity contribution in [3.8, 4) is 0 Å². The van der Waals surface area contributed by atoms with Gasteiger partial charge in [0.05, 0.1) is 0 Å². The van der Waals surface area contributed by atoms with Gasteiger partial charge in [-0.25, -0.2) is 4.79 Å². The molecule has 0 aliphatic carbocycles. The van der Waals surface area contributed by atoms with Crippen LogP contribution >= 0.6 is 0 Å². The number of rotatable bonds is 0. The molecule has 0 amide bonds. The molecule has 0 atom stereocenters. The zero-order valence-electron chi connectivity index (χ0n) is 6.92. The largest absolute Gasteiger partial charge is 0.234 e. The van der Waals surface area contributed by atoms with Gasteiger partial charge >= 0.3 is 0 Å². The van der Waals surface area contributed by atoms with E-state index in [1.165, 1.54) is 17.1 Å². The molecule has 11 heavy (non-hydrogen) atoms. The van der Waals surface area contributed by atoms with E-state index >= 15 is 0 Å². The van der Waals surface area contributed by atoms with E-state index < -0.39 is 0 Å². The Balaban J connectivity index is 0.000000292. The molecule has 0 heterocycles. The highest BCUT2D eigenvalue weighted by Crippen LogP contribution is 1.99. The minimum absolute atomic E-state index is 1.25. The molecule has 58 valence electrons. The lowest BCUT2D eigenvalue weighted by Gasteiger charge is -1.90. The Kier molecular flexibility index (Phi) is 4.80. The highest BCUT2D eigenvalue weighted by atomic mass is 16.1. The van der Waals surface area contributed by atoms with E-state index in [0.717, 1.165) is 0 Å². The highest BCUT2D eigenvalue weighted by Gasteiger charge is 1.79. The van der Waals surface area contributed by atoms with Crippen LogP contribution in [0, 0.1) is 13.8 Å². The average Bonchev–Trinajstić information content (AvgIpc) is 1.97. The van der Waals surface area contributed by atoms with Crippen molar-refractivity contribution in [3.05, 3.63) is 42.0 Å². The average molecular weight is 148 g/mol. The molecule has 0 N–H and O–H groups in total. The maximum absolute atomic E-state index is 8.57. The van der Waals surface area contributed by atoms with Gasteiger partial charge in [-0.1, -0.05) is 35.4 Å². The Morgan fingerprint density at radius 2 is 1.27 bits per heavy atom. The van der Waals surface area contributed by atoms with E-state index in [9.17, 15) is 0 Å². The van der Waals surface area contributed by atoms with Gasteiger partial charge in [-0.2, -0.15) is 0 Å². The zero-order valence-corrected chi connectivity index (χ0v) is 6.92. The van der Waals surface area contributed by atoms with Gasteiger partial charge in [0.15, 0.2) is 0 Å². The molecule has 0 unspecified atom stereocenters. The first-order chi connectivity index (χ1) is 5.20. The summed E-state index contributed by atoms with van der Waals surface area (Å²) in [4.78, 5) is 8.57. The van der Waals surface area contributed by atoms with Crippen LogP contribution in [0.2, 0.25) is 0 Å². The Hall–Kier alpha value is -1.33. The molecule has 0 fully saturated rings. The van der Waals surface area contributed by atoms with Crippen LogP contribution in [0.1, 0.15) is 11.1 Å². The fourth-order valence-electron chi connectivity index (χ4n) is 0.637. The van der Waals surface area contributed by atoms with Gasteiger partial charge in [-0.3, -0.25) is 0 Å². The SMILES string of the molecule is C=C=O.Cc1ccc(C)cc1. The molecule has 1 heteroatoms. The van der Waals surface area contributed by atoms with E-state index in [2.05, 4.69) is 44.7 Å². The van der Waals surface area contributed by atoms with E-state index in [-0.39, 0.29) is 0 Å². The van der Waals surface area contributed by atoms with Gasteiger partial charge in [0.2, 0.25) is 0 Å². The van der Waals surface area contributed by atoms with Gasteiger partial charge in [0, 0.05) is 0 Å². The quantitative estimate of drug-likeness (QED) is 0.516. The van der Waals surface area contributed by atoms with Crippen LogP contribution in [-0.4, -0.2) is 5.94 Å². The third kappa shape index (κ3) is 5.13. The van der Waals surface area contributed by atoms with Gasteiger partial charge in [-0.05, 0) is 20.4 Å². The van der Waals surface area contributed by atoms with Gasteiger partial charge < -0.3 is 0 Å². The van der Waals surface area contributed by atoms with E-state index in [0.29, 0.717) is 0 Å². The lowest BCUT2D eigenvalue weighted by molar-refractivity contribution is 0.569. The lowest BCUT2D eigenvalue weighted by atomic mass is 10.2. The van der Waals surface area contributed by atoms with Gasteiger partial charge in [0.25, 0.3) is 0 Å². The third-order valence-electron chi connectivity index (χ3n) is 1.22. The molecule has 0 aromatic heterocycles. The van der Waals surface area contributed by atoms with Crippen molar-refractivity contribution in [1.82, 2.24) is 0 Å². The summed E-state index contributed by atoms with van der Waals surface area (Å²) in [6.07, 6.45) is 0. The predicted octanol–water partition coefficient (Wildman–Crippen LogP) is 2.31. The Morgan fingerprint density at radius 3 is 1.45 bits per heavy atom. The molecule has 1 aromatic carbocycles. The minimum Gasteiger partial charge on any atom is -0.234 e. The topological polar surface area (TPSA) is 17.1 Å². The van der Waals surface area contributed by atoms with Crippen molar-refractivity contribution >= 4 is 5.94 Å². The van der Waals surface area contributed by atoms with Crippen LogP contribution < -0.4 is 0 Å². The first kappa shape index (κ1) is 9.67. The fourth-order valence-corrected chi connectivity index (χ4v) is 0.637. The van der Waals surface area contributed by atoms with E-state index in [1.807, 2.05) is 0 Å². The second kappa shape index (κ2) is 5.45. The minimum atomic E-state index is 1.25. The van der Waals surface area contributed by atoms with Crippen molar-refractivity contribution < 1.29 is 4.79 Å². The maximum Gasteiger partial charge on any atom is 0.116 e. The fraction of sp³-hybridized carbons (Fsp3) is 0.200. The van der Waals surface area contributed by atoms with Crippen LogP contribution in [0.3, 0.4) is 0 Å². The summed E-state index contributed by atoms with van der Waals surface area (Å²) in [5.74, 6) is 1.25. The monoisotopic (exact) mass is 148 g/mol. The van der Waals surface area contributed by atoms with Crippen LogP contribution in [0.25, 0.3) is 0 Å². The zero-order chi connectivity index (χ0) is 8.69. The Bertz CT molecular complexity index is 207.